The molecule has 21 heavy (non-hydrogen) atoms. The van der Waals surface area contributed by atoms with Crippen molar-refractivity contribution in [1.29, 1.82) is 0 Å². The number of pyridine rings is 1. The minimum Gasteiger partial charge on any atom is -0.309 e. The van der Waals surface area contributed by atoms with E-state index in [9.17, 15) is 0 Å². The Morgan fingerprint density at radius 3 is 2.38 bits per heavy atom. The summed E-state index contributed by atoms with van der Waals surface area (Å²) in [5.74, 6) is 0. The quantitative estimate of drug-likeness (QED) is 0.829. The van der Waals surface area contributed by atoms with Crippen molar-refractivity contribution in [2.45, 2.75) is 65.0 Å². The van der Waals surface area contributed by atoms with Crippen molar-refractivity contribution in [3.05, 3.63) is 29.6 Å². The fourth-order valence-electron chi connectivity index (χ4n) is 4.01. The van der Waals surface area contributed by atoms with Gasteiger partial charge in [-0.25, -0.2) is 0 Å². The first kappa shape index (κ1) is 16.4. The van der Waals surface area contributed by atoms with Crippen LogP contribution in [0.5, 0.6) is 0 Å². The maximum Gasteiger partial charge on any atom is 0.0522 e. The Balaban J connectivity index is 2.40. The van der Waals surface area contributed by atoms with E-state index in [4.69, 9.17) is 0 Å². The highest BCUT2D eigenvalue weighted by atomic mass is 15.2. The van der Waals surface area contributed by atoms with Crippen molar-refractivity contribution in [3.8, 4) is 0 Å². The average Bonchev–Trinajstić information content (AvgIpc) is 3.03. The maximum atomic E-state index is 4.44. The third-order valence-corrected chi connectivity index (χ3v) is 5.14. The molecule has 1 aromatic rings. The van der Waals surface area contributed by atoms with Crippen molar-refractivity contribution < 1.29 is 0 Å². The highest BCUT2D eigenvalue weighted by Gasteiger charge is 2.42. The fraction of sp³-hybridized carbons (Fsp3) is 0.722. The molecule has 2 rings (SSSR count). The van der Waals surface area contributed by atoms with Gasteiger partial charge in [0.05, 0.1) is 6.04 Å². The third-order valence-electron chi connectivity index (χ3n) is 5.14. The maximum absolute atomic E-state index is 4.44. The van der Waals surface area contributed by atoms with Gasteiger partial charge in [-0.2, -0.15) is 0 Å². The van der Waals surface area contributed by atoms with Gasteiger partial charge >= 0.3 is 0 Å². The van der Waals surface area contributed by atoms with Crippen molar-refractivity contribution in [1.82, 2.24) is 15.2 Å². The Morgan fingerprint density at radius 1 is 1.19 bits per heavy atom. The predicted molar refractivity (Wildman–Crippen MR) is 89.5 cm³/mol. The Bertz CT molecular complexity index is 434. The van der Waals surface area contributed by atoms with Gasteiger partial charge in [-0.15, -0.1) is 0 Å². The molecule has 0 spiro atoms. The van der Waals surface area contributed by atoms with Crippen LogP contribution in [0.15, 0.2) is 18.5 Å². The van der Waals surface area contributed by atoms with Crippen LogP contribution < -0.4 is 5.32 Å². The minimum absolute atomic E-state index is 0.210. The second-order valence-electron chi connectivity index (χ2n) is 6.29. The summed E-state index contributed by atoms with van der Waals surface area (Å²) in [6.45, 7) is 12.5. The molecule has 2 heterocycles. The summed E-state index contributed by atoms with van der Waals surface area (Å²) in [6.07, 6.45) is 9.03. The summed E-state index contributed by atoms with van der Waals surface area (Å²) in [6, 6.07) is 2.67. The lowest BCUT2D eigenvalue weighted by Gasteiger charge is -2.47. The number of aromatic nitrogens is 1. The van der Waals surface area contributed by atoms with E-state index in [0.29, 0.717) is 6.04 Å². The van der Waals surface area contributed by atoms with Gasteiger partial charge in [0.25, 0.3) is 0 Å². The van der Waals surface area contributed by atoms with E-state index in [-0.39, 0.29) is 5.54 Å². The van der Waals surface area contributed by atoms with Gasteiger partial charge in [-0.05, 0) is 63.4 Å². The molecule has 0 saturated carbocycles. The molecule has 1 aliphatic rings. The largest absolute Gasteiger partial charge is 0.309 e. The monoisotopic (exact) mass is 289 g/mol. The van der Waals surface area contributed by atoms with Crippen LogP contribution in [0.3, 0.4) is 0 Å². The van der Waals surface area contributed by atoms with Gasteiger partial charge in [-0.3, -0.25) is 9.88 Å². The Labute approximate surface area is 130 Å². The van der Waals surface area contributed by atoms with E-state index in [1.807, 2.05) is 6.20 Å². The average molecular weight is 289 g/mol. The number of nitrogens with zero attached hydrogens (tertiary/aromatic N) is 2. The SMILES string of the molecule is CCNC(c1cncc(C)c1)C(CC)(CC)N1CCCC1. The molecule has 3 heteroatoms. The summed E-state index contributed by atoms with van der Waals surface area (Å²) >= 11 is 0. The van der Waals surface area contributed by atoms with Crippen molar-refractivity contribution in [3.63, 3.8) is 0 Å². The summed E-state index contributed by atoms with van der Waals surface area (Å²) in [4.78, 5) is 7.16. The molecule has 1 unspecified atom stereocenters. The van der Waals surface area contributed by atoms with Crippen LogP contribution in [-0.4, -0.2) is 35.1 Å². The lowest BCUT2D eigenvalue weighted by molar-refractivity contribution is 0.0621. The Kier molecular flexibility index (Phi) is 5.77. The first-order valence-corrected chi connectivity index (χ1v) is 8.58. The highest BCUT2D eigenvalue weighted by Crippen LogP contribution is 2.39. The van der Waals surface area contributed by atoms with Gasteiger partial charge in [0.2, 0.25) is 0 Å². The van der Waals surface area contributed by atoms with E-state index >= 15 is 0 Å². The highest BCUT2D eigenvalue weighted by molar-refractivity contribution is 5.24. The Morgan fingerprint density at radius 2 is 1.86 bits per heavy atom. The molecule has 1 atom stereocenters. The lowest BCUT2D eigenvalue weighted by atomic mass is 9.79. The molecule has 0 aromatic carbocycles. The fourth-order valence-corrected chi connectivity index (χ4v) is 4.01. The second kappa shape index (κ2) is 7.37. The van der Waals surface area contributed by atoms with Gasteiger partial charge in [0.1, 0.15) is 0 Å². The normalized spacial score (nSPS) is 18.1. The van der Waals surface area contributed by atoms with Crippen LogP contribution in [0.25, 0.3) is 0 Å². The van der Waals surface area contributed by atoms with E-state index in [0.717, 1.165) is 6.54 Å². The smallest absolute Gasteiger partial charge is 0.0522 e. The molecule has 0 radical (unpaired) electrons. The molecule has 1 fully saturated rings. The number of hydrogen-bond acceptors (Lipinski definition) is 3. The van der Waals surface area contributed by atoms with Gasteiger partial charge < -0.3 is 5.32 Å². The van der Waals surface area contributed by atoms with Gasteiger partial charge in [0, 0.05) is 17.9 Å². The molecule has 1 N–H and O–H groups in total. The van der Waals surface area contributed by atoms with Crippen molar-refractivity contribution in [2.75, 3.05) is 19.6 Å². The first-order chi connectivity index (χ1) is 10.2. The molecule has 1 aromatic heterocycles. The summed E-state index contributed by atoms with van der Waals surface area (Å²) in [5, 5.41) is 3.76. The van der Waals surface area contributed by atoms with Crippen molar-refractivity contribution >= 4 is 0 Å². The van der Waals surface area contributed by atoms with Crippen LogP contribution in [0.1, 0.15) is 63.6 Å². The predicted octanol–water partition coefficient (Wildman–Crippen LogP) is 3.70. The van der Waals surface area contributed by atoms with E-state index in [1.54, 1.807) is 0 Å². The van der Waals surface area contributed by atoms with Crippen LogP contribution in [0.2, 0.25) is 0 Å². The number of likely N-dealkylation sites (N-methyl/N-ethyl adjacent to an activating group) is 1. The number of aryl methyl sites for hydroxylation is 1. The summed E-state index contributed by atoms with van der Waals surface area (Å²) < 4.78 is 0. The van der Waals surface area contributed by atoms with Crippen LogP contribution >= 0.6 is 0 Å². The molecule has 1 saturated heterocycles. The minimum atomic E-state index is 0.210. The zero-order valence-electron chi connectivity index (χ0n) is 14.2. The van der Waals surface area contributed by atoms with E-state index in [2.05, 4.69) is 55.2 Å². The number of nitrogens with one attached hydrogen (secondary N) is 1. The number of rotatable bonds is 7. The molecular weight excluding hydrogens is 258 g/mol. The molecule has 0 bridgehead atoms. The number of hydrogen-bond donors (Lipinski definition) is 1. The molecule has 3 nitrogen and oxygen atoms in total. The summed E-state index contributed by atoms with van der Waals surface area (Å²) in [7, 11) is 0. The molecule has 0 aliphatic carbocycles. The second-order valence-corrected chi connectivity index (χ2v) is 6.29. The Hall–Kier alpha value is -0.930. The van der Waals surface area contributed by atoms with Gasteiger partial charge in [0.15, 0.2) is 0 Å². The van der Waals surface area contributed by atoms with E-state index < -0.39 is 0 Å². The van der Waals surface area contributed by atoms with E-state index in [1.165, 1.54) is 49.9 Å². The zero-order valence-corrected chi connectivity index (χ0v) is 14.2. The van der Waals surface area contributed by atoms with Gasteiger partial charge in [-0.1, -0.05) is 26.8 Å². The molecule has 1 aliphatic heterocycles. The standard InChI is InChI=1S/C18H31N3/c1-5-18(6-2,21-10-8-9-11-21)17(20-7-3)16-12-15(4)13-19-14-16/h12-14,17,20H,5-11H2,1-4H3. The zero-order chi connectivity index (χ0) is 15.3. The number of likely N-dealkylation sites (tertiary alicyclic amines) is 1. The van der Waals surface area contributed by atoms with Crippen molar-refractivity contribution in [2.24, 2.45) is 0 Å². The molecular formula is C18H31N3. The summed E-state index contributed by atoms with van der Waals surface area (Å²) in [5.41, 5.74) is 2.80. The molecule has 0 amide bonds. The molecule has 118 valence electrons. The third kappa shape index (κ3) is 3.29. The van der Waals surface area contributed by atoms with Crippen LogP contribution in [0, 0.1) is 6.92 Å². The van der Waals surface area contributed by atoms with Crippen LogP contribution in [-0.2, 0) is 0 Å². The van der Waals surface area contributed by atoms with Crippen LogP contribution in [0.4, 0.5) is 0 Å². The first-order valence-electron chi connectivity index (χ1n) is 8.58. The topological polar surface area (TPSA) is 28.2 Å². The lowest BCUT2D eigenvalue weighted by Crippen LogP contribution is -2.55.